The molecule has 2 heterocycles. The third-order valence-electron chi connectivity index (χ3n) is 3.74. The van der Waals surface area contributed by atoms with Crippen LogP contribution in [0.15, 0.2) is 28.2 Å². The van der Waals surface area contributed by atoms with E-state index in [0.29, 0.717) is 35.8 Å². The molecule has 0 aliphatic carbocycles. The van der Waals surface area contributed by atoms with Gasteiger partial charge in [0, 0.05) is 31.6 Å². The van der Waals surface area contributed by atoms with Gasteiger partial charge >= 0.3 is 0 Å². The fraction of sp³-hybridized carbons (Fsp3) is 0.333. The summed E-state index contributed by atoms with van der Waals surface area (Å²) in [4.78, 5) is 21.4. The number of aromatic nitrogens is 2. The number of halogens is 2. The summed E-state index contributed by atoms with van der Waals surface area (Å²) < 4.78 is 14.0. The summed E-state index contributed by atoms with van der Waals surface area (Å²) in [5, 5.41) is 0.761. The van der Waals surface area contributed by atoms with E-state index in [-0.39, 0.29) is 16.4 Å². The average molecular weight is 340 g/mol. The zero-order valence-corrected chi connectivity index (χ0v) is 13.6. The second kappa shape index (κ2) is 6.40. The number of nitrogens with zero attached hydrogens (tertiary/aromatic N) is 2. The molecule has 0 fully saturated rings. The number of hydrogen-bond acceptors (Lipinski definition) is 4. The lowest BCUT2D eigenvalue weighted by atomic mass is 10.1. The van der Waals surface area contributed by atoms with E-state index in [1.165, 1.54) is 17.8 Å². The molecule has 1 aromatic carbocycles. The van der Waals surface area contributed by atoms with Crippen molar-refractivity contribution in [3.63, 3.8) is 0 Å². The van der Waals surface area contributed by atoms with Gasteiger partial charge in [-0.15, -0.1) is 0 Å². The van der Waals surface area contributed by atoms with Crippen LogP contribution >= 0.6 is 23.4 Å². The molecule has 22 heavy (non-hydrogen) atoms. The lowest BCUT2D eigenvalue weighted by Crippen LogP contribution is -2.35. The van der Waals surface area contributed by atoms with Crippen molar-refractivity contribution in [1.82, 2.24) is 14.9 Å². The molecule has 1 aliphatic rings. The smallest absolute Gasteiger partial charge is 0.256 e. The van der Waals surface area contributed by atoms with Crippen LogP contribution < -0.4 is 5.56 Å². The number of hydrogen-bond donors (Lipinski definition) is 1. The Kier molecular flexibility index (Phi) is 4.52. The van der Waals surface area contributed by atoms with E-state index in [0.717, 1.165) is 12.2 Å². The molecule has 0 spiro atoms. The standard InChI is InChI=1S/C15H15ClFN3OS/c1-22-15-18-12-5-6-20(8-10(12)14(21)19-15)7-9-3-2-4-11(16)13(9)17/h2-4H,5-8H2,1H3,(H,18,19,21). The van der Waals surface area contributed by atoms with Crippen LogP contribution in [0, 0.1) is 5.82 Å². The van der Waals surface area contributed by atoms with Crippen molar-refractivity contribution in [2.75, 3.05) is 12.8 Å². The summed E-state index contributed by atoms with van der Waals surface area (Å²) in [7, 11) is 0. The molecule has 116 valence electrons. The molecule has 1 aromatic heterocycles. The molecule has 7 heteroatoms. The molecule has 3 rings (SSSR count). The van der Waals surface area contributed by atoms with Crippen molar-refractivity contribution < 1.29 is 4.39 Å². The van der Waals surface area contributed by atoms with Gasteiger partial charge in [-0.1, -0.05) is 35.5 Å². The van der Waals surface area contributed by atoms with E-state index in [1.54, 1.807) is 12.1 Å². The predicted molar refractivity (Wildman–Crippen MR) is 85.9 cm³/mol. The highest BCUT2D eigenvalue weighted by molar-refractivity contribution is 7.98. The summed E-state index contributed by atoms with van der Waals surface area (Å²) in [5.74, 6) is -0.389. The zero-order chi connectivity index (χ0) is 15.7. The van der Waals surface area contributed by atoms with Gasteiger partial charge in [-0.05, 0) is 12.3 Å². The lowest BCUT2D eigenvalue weighted by molar-refractivity contribution is 0.237. The molecule has 0 unspecified atom stereocenters. The number of nitrogens with one attached hydrogen (secondary N) is 1. The van der Waals surface area contributed by atoms with Crippen molar-refractivity contribution in [3.05, 3.63) is 56.2 Å². The molecule has 1 aliphatic heterocycles. The summed E-state index contributed by atoms with van der Waals surface area (Å²) in [5.41, 5.74) is 1.95. The van der Waals surface area contributed by atoms with Crippen molar-refractivity contribution in [3.8, 4) is 0 Å². The first kappa shape index (κ1) is 15.5. The van der Waals surface area contributed by atoms with Crippen molar-refractivity contribution in [1.29, 1.82) is 0 Å². The van der Waals surface area contributed by atoms with Gasteiger partial charge in [-0.2, -0.15) is 0 Å². The maximum absolute atomic E-state index is 14.0. The third-order valence-corrected chi connectivity index (χ3v) is 4.62. The zero-order valence-electron chi connectivity index (χ0n) is 12.0. The highest BCUT2D eigenvalue weighted by Gasteiger charge is 2.22. The summed E-state index contributed by atoms with van der Waals surface area (Å²) in [6.07, 6.45) is 2.57. The Morgan fingerprint density at radius 2 is 2.32 bits per heavy atom. The van der Waals surface area contributed by atoms with Gasteiger partial charge in [0.2, 0.25) is 0 Å². The Labute approximate surface area is 136 Å². The fourth-order valence-electron chi connectivity index (χ4n) is 2.60. The average Bonchev–Trinajstić information content (AvgIpc) is 2.52. The molecule has 0 bridgehead atoms. The van der Waals surface area contributed by atoms with Crippen LogP contribution in [0.25, 0.3) is 0 Å². The van der Waals surface area contributed by atoms with Gasteiger partial charge in [0.05, 0.1) is 16.3 Å². The second-order valence-electron chi connectivity index (χ2n) is 5.17. The van der Waals surface area contributed by atoms with Crippen LogP contribution in [0.4, 0.5) is 4.39 Å². The van der Waals surface area contributed by atoms with Gasteiger partial charge < -0.3 is 4.98 Å². The number of aromatic amines is 1. The molecule has 0 radical (unpaired) electrons. The van der Waals surface area contributed by atoms with E-state index in [1.807, 2.05) is 11.2 Å². The SMILES string of the molecule is CSc1nc2c(c(=O)[nH]1)CN(Cc1cccc(Cl)c1F)CC2. The molecule has 0 saturated heterocycles. The van der Waals surface area contributed by atoms with E-state index >= 15 is 0 Å². The van der Waals surface area contributed by atoms with Gasteiger partial charge in [-0.3, -0.25) is 9.69 Å². The van der Waals surface area contributed by atoms with Crippen molar-refractivity contribution in [2.45, 2.75) is 24.7 Å². The predicted octanol–water partition coefficient (Wildman–Crippen LogP) is 2.84. The highest BCUT2D eigenvalue weighted by Crippen LogP contribution is 2.22. The second-order valence-corrected chi connectivity index (χ2v) is 6.38. The molecular formula is C15H15ClFN3OS. The monoisotopic (exact) mass is 339 g/mol. The fourth-order valence-corrected chi connectivity index (χ4v) is 3.19. The van der Waals surface area contributed by atoms with Crippen LogP contribution in [0.5, 0.6) is 0 Å². The lowest BCUT2D eigenvalue weighted by Gasteiger charge is -2.27. The molecule has 0 saturated carbocycles. The number of thioether (sulfide) groups is 1. The molecule has 0 amide bonds. The Morgan fingerprint density at radius 1 is 1.50 bits per heavy atom. The number of benzene rings is 1. The van der Waals surface area contributed by atoms with E-state index in [9.17, 15) is 9.18 Å². The van der Waals surface area contributed by atoms with Crippen molar-refractivity contribution in [2.24, 2.45) is 0 Å². The van der Waals surface area contributed by atoms with Gasteiger partial charge in [0.15, 0.2) is 5.16 Å². The topological polar surface area (TPSA) is 49.0 Å². The minimum atomic E-state index is -0.389. The minimum Gasteiger partial charge on any atom is -0.301 e. The van der Waals surface area contributed by atoms with E-state index in [2.05, 4.69) is 9.97 Å². The quantitative estimate of drug-likeness (QED) is 0.690. The third kappa shape index (κ3) is 3.04. The Balaban J connectivity index is 1.83. The normalized spacial score (nSPS) is 14.9. The largest absolute Gasteiger partial charge is 0.301 e. The Morgan fingerprint density at radius 3 is 3.09 bits per heavy atom. The first-order chi connectivity index (χ1) is 10.6. The van der Waals surface area contributed by atoms with Crippen LogP contribution in [-0.4, -0.2) is 27.7 Å². The molecule has 4 nitrogen and oxygen atoms in total. The Hall–Kier alpha value is -1.37. The van der Waals surface area contributed by atoms with Gasteiger partial charge in [-0.25, -0.2) is 9.37 Å². The molecule has 0 atom stereocenters. The van der Waals surface area contributed by atoms with Gasteiger partial charge in [0.1, 0.15) is 5.82 Å². The minimum absolute atomic E-state index is 0.106. The molecular weight excluding hydrogens is 325 g/mol. The van der Waals surface area contributed by atoms with E-state index in [4.69, 9.17) is 11.6 Å². The maximum atomic E-state index is 14.0. The van der Waals surface area contributed by atoms with Crippen molar-refractivity contribution >= 4 is 23.4 Å². The number of fused-ring (bicyclic) bond motifs is 1. The van der Waals surface area contributed by atoms with Gasteiger partial charge in [0.25, 0.3) is 5.56 Å². The summed E-state index contributed by atoms with van der Waals surface area (Å²) >= 11 is 7.23. The number of H-pyrrole nitrogens is 1. The first-order valence-corrected chi connectivity index (χ1v) is 8.50. The highest BCUT2D eigenvalue weighted by atomic mass is 35.5. The summed E-state index contributed by atoms with van der Waals surface area (Å²) in [6, 6.07) is 4.98. The molecule has 1 N–H and O–H groups in total. The van der Waals surface area contributed by atoms with Crippen LogP contribution in [-0.2, 0) is 19.5 Å². The Bertz CT molecular complexity index is 765. The van der Waals surface area contributed by atoms with Crippen LogP contribution in [0.3, 0.4) is 0 Å². The number of rotatable bonds is 3. The van der Waals surface area contributed by atoms with Crippen LogP contribution in [0.2, 0.25) is 5.02 Å². The van der Waals surface area contributed by atoms with Crippen LogP contribution in [0.1, 0.15) is 16.8 Å². The first-order valence-electron chi connectivity index (χ1n) is 6.90. The summed E-state index contributed by atoms with van der Waals surface area (Å²) in [6.45, 7) is 1.64. The maximum Gasteiger partial charge on any atom is 0.256 e. The molecule has 2 aromatic rings. The van der Waals surface area contributed by atoms with E-state index < -0.39 is 0 Å².